The highest BCUT2D eigenvalue weighted by molar-refractivity contribution is 6.06. The number of rotatable bonds is 23. The van der Waals surface area contributed by atoms with Gasteiger partial charge >= 0.3 is 0 Å². The van der Waals surface area contributed by atoms with Gasteiger partial charge in [0.05, 0.1) is 19.6 Å². The molecule has 2 aliphatic heterocycles. The second kappa shape index (κ2) is 25.4. The quantitative estimate of drug-likeness (QED) is 0.0240. The SMILES string of the molecule is COc1cc(/C=C/C(=O)CC(=O)CCC[C@@]2(C[C@H]3[C@H]4CCNC[C@@H]4C[C@@H]4C=CCN[C@H]34)CC[C@@H](NC[C@H](O)C3CCCCC3)C2)c(Cc2cnc(N)cc2CCc2cccc(CCc3ccccc3)c2)cc1O. The van der Waals surface area contributed by atoms with Crippen molar-refractivity contribution >= 4 is 23.5 Å². The fraction of sp³-hybridized carbons (Fsp3) is 0.540. The molecule has 3 aliphatic carbocycles. The number of hydrogen-bond donors (Lipinski definition) is 6. The van der Waals surface area contributed by atoms with Crippen LogP contribution >= 0.6 is 0 Å². The van der Waals surface area contributed by atoms with Gasteiger partial charge in [0.1, 0.15) is 11.6 Å². The van der Waals surface area contributed by atoms with Crippen molar-refractivity contribution < 1.29 is 24.5 Å². The molecule has 0 unspecified atom stereocenters. The maximum absolute atomic E-state index is 13.7. The Morgan fingerprint density at radius 3 is 2.55 bits per heavy atom. The highest BCUT2D eigenvalue weighted by Crippen LogP contribution is 2.53. The molecule has 0 spiro atoms. The van der Waals surface area contributed by atoms with Gasteiger partial charge < -0.3 is 36.6 Å². The fourth-order valence-electron chi connectivity index (χ4n) is 14.0. The van der Waals surface area contributed by atoms with E-state index in [-0.39, 0.29) is 35.3 Å². The number of phenolic OH excluding ortho intramolecular Hbond substituents is 1. The minimum Gasteiger partial charge on any atom is -0.504 e. The Morgan fingerprint density at radius 2 is 1.73 bits per heavy atom. The Labute approximate surface area is 435 Å². The molecule has 4 aromatic rings. The summed E-state index contributed by atoms with van der Waals surface area (Å²) in [6.45, 7) is 3.81. The van der Waals surface area contributed by atoms with Crippen LogP contribution in [0, 0.1) is 35.0 Å². The molecule has 0 amide bonds. The third kappa shape index (κ3) is 14.2. The average molecular weight is 990 g/mol. The van der Waals surface area contributed by atoms with E-state index in [1.54, 1.807) is 18.2 Å². The number of aromatic hydroxyl groups is 1. The van der Waals surface area contributed by atoms with Gasteiger partial charge in [-0.1, -0.05) is 92.1 Å². The number of carbonyl (C=O) groups excluding carboxylic acids is 2. The number of phenols is 1. The van der Waals surface area contributed by atoms with E-state index in [4.69, 9.17) is 10.5 Å². The zero-order valence-electron chi connectivity index (χ0n) is 43.5. The third-order valence-corrected chi connectivity index (χ3v) is 17.9. The van der Waals surface area contributed by atoms with Gasteiger partial charge in [-0.25, -0.2) is 4.98 Å². The minimum atomic E-state index is -0.288. The van der Waals surface area contributed by atoms with Crippen molar-refractivity contribution in [1.82, 2.24) is 20.9 Å². The molecule has 10 heteroatoms. The summed E-state index contributed by atoms with van der Waals surface area (Å²) >= 11 is 0. The standard InChI is InChI=1S/C63H83N5O5/c1-73-60-35-47(50(34-58(60)71)33-51-41-68-61(64)36-48(51)22-21-45-14-8-13-44(31-45)20-19-43-11-4-2-5-12-43)23-24-55(70)37-54(69)18-9-27-63(28-25-53(38-63)67-42-59(72)46-15-6-3-7-16-46)39-57-56-26-30-65-40-52(56)32-49-17-10-29-66-62(49)57/h2,4-5,8,10-14,17,23-24,31,34-36,41,46,49,52-53,56-57,59,62,65-67,71-72H,3,6-7,9,15-16,18-22,25-30,32-33,37-40,42H2,1H3,(H2,64,68)/b24-23+/t49-,52-,53+,56-,57-,59-,62-,63+/m0/s1. The first kappa shape index (κ1) is 52.7. The maximum Gasteiger partial charge on any atom is 0.163 e. The molecule has 3 aromatic carbocycles. The molecule has 1 saturated heterocycles. The van der Waals surface area contributed by atoms with Crippen LogP contribution in [-0.4, -0.2) is 78.2 Å². The lowest BCUT2D eigenvalue weighted by Crippen LogP contribution is -2.56. The summed E-state index contributed by atoms with van der Waals surface area (Å²) in [7, 11) is 1.51. The van der Waals surface area contributed by atoms with Gasteiger partial charge in [-0.2, -0.15) is 0 Å². The van der Waals surface area contributed by atoms with Crippen molar-refractivity contribution in [2.75, 3.05) is 39.0 Å². The molecule has 4 fully saturated rings. The molecule has 8 atom stereocenters. The number of piperidine rings is 1. The van der Waals surface area contributed by atoms with Crippen molar-refractivity contribution in [3.63, 3.8) is 0 Å². The zero-order chi connectivity index (χ0) is 50.6. The predicted octanol–water partition coefficient (Wildman–Crippen LogP) is 10.1. The first-order chi connectivity index (χ1) is 35.6. The van der Waals surface area contributed by atoms with Gasteiger partial charge in [-0.3, -0.25) is 9.59 Å². The number of nitrogen functional groups attached to an aromatic ring is 1. The summed E-state index contributed by atoms with van der Waals surface area (Å²) in [4.78, 5) is 31.8. The van der Waals surface area contributed by atoms with Crippen LogP contribution in [0.15, 0.2) is 97.2 Å². The van der Waals surface area contributed by atoms with Crippen LogP contribution in [-0.2, 0) is 41.7 Å². The van der Waals surface area contributed by atoms with E-state index in [0.717, 1.165) is 113 Å². The number of fused-ring (bicyclic) bond motifs is 2. The van der Waals surface area contributed by atoms with Crippen molar-refractivity contribution in [3.05, 3.63) is 136 Å². The number of aryl methyl sites for hydroxylation is 4. The molecule has 5 aliphatic rings. The van der Waals surface area contributed by atoms with Crippen molar-refractivity contribution in [2.24, 2.45) is 35.0 Å². The second-order valence-electron chi connectivity index (χ2n) is 22.8. The Balaban J connectivity index is 0.832. The number of aliphatic hydroxyl groups is 1. The molecule has 0 radical (unpaired) electrons. The summed E-state index contributed by atoms with van der Waals surface area (Å²) in [5, 5.41) is 33.7. The molecule has 1 aromatic heterocycles. The predicted molar refractivity (Wildman–Crippen MR) is 294 cm³/mol. The second-order valence-corrected chi connectivity index (χ2v) is 22.8. The molecule has 73 heavy (non-hydrogen) atoms. The Kier molecular flexibility index (Phi) is 18.3. The highest BCUT2D eigenvalue weighted by Gasteiger charge is 2.49. The number of anilines is 1. The lowest BCUT2D eigenvalue weighted by Gasteiger charge is -2.52. The molecular formula is C63H83N5O5. The molecule has 7 N–H and O–H groups in total. The van der Waals surface area contributed by atoms with Crippen LogP contribution in [0.5, 0.6) is 11.5 Å². The van der Waals surface area contributed by atoms with Gasteiger partial charge in [0, 0.05) is 37.8 Å². The van der Waals surface area contributed by atoms with Crippen molar-refractivity contribution in [3.8, 4) is 11.5 Å². The van der Waals surface area contributed by atoms with Gasteiger partial charge in [-0.05, 0) is 208 Å². The summed E-state index contributed by atoms with van der Waals surface area (Å²) in [6, 6.07) is 25.6. The number of nitrogens with two attached hydrogens (primary N) is 1. The number of allylic oxidation sites excluding steroid dienone is 1. The monoisotopic (exact) mass is 990 g/mol. The van der Waals surface area contributed by atoms with Crippen LogP contribution in [0.2, 0.25) is 0 Å². The Bertz CT molecular complexity index is 2520. The van der Waals surface area contributed by atoms with E-state index in [1.807, 2.05) is 12.3 Å². The number of methoxy groups -OCH3 is 1. The largest absolute Gasteiger partial charge is 0.504 e. The van der Waals surface area contributed by atoms with Gasteiger partial charge in [-0.15, -0.1) is 0 Å². The lowest BCUT2D eigenvalue weighted by molar-refractivity contribution is -0.124. The number of Topliss-reactive ketones (excluding diaryl/α,β-unsaturated/α-hetero) is 1. The minimum absolute atomic E-state index is 0.0123. The van der Waals surface area contributed by atoms with E-state index in [0.29, 0.717) is 72.6 Å². The zero-order valence-corrected chi connectivity index (χ0v) is 43.5. The first-order valence-corrected chi connectivity index (χ1v) is 28.1. The van der Waals surface area contributed by atoms with Crippen LogP contribution in [0.3, 0.4) is 0 Å². The maximum atomic E-state index is 13.7. The van der Waals surface area contributed by atoms with E-state index in [2.05, 4.69) is 87.7 Å². The number of hydrogen-bond acceptors (Lipinski definition) is 10. The highest BCUT2D eigenvalue weighted by atomic mass is 16.5. The molecule has 10 nitrogen and oxygen atoms in total. The van der Waals surface area contributed by atoms with Crippen LogP contribution in [0.4, 0.5) is 5.82 Å². The molecule has 0 bridgehead atoms. The van der Waals surface area contributed by atoms with Gasteiger partial charge in [0.25, 0.3) is 0 Å². The van der Waals surface area contributed by atoms with E-state index in [1.165, 1.54) is 68.4 Å². The number of nitrogens with one attached hydrogen (secondary N) is 3. The van der Waals surface area contributed by atoms with Gasteiger partial charge in [0.2, 0.25) is 0 Å². The summed E-state index contributed by atoms with van der Waals surface area (Å²) < 4.78 is 5.52. The molecule has 9 rings (SSSR count). The molecule has 390 valence electrons. The van der Waals surface area contributed by atoms with Crippen LogP contribution < -0.4 is 26.4 Å². The topological polar surface area (TPSA) is 159 Å². The number of pyridine rings is 1. The fourth-order valence-corrected chi connectivity index (χ4v) is 14.0. The van der Waals surface area contributed by atoms with E-state index < -0.39 is 0 Å². The van der Waals surface area contributed by atoms with Crippen LogP contribution in [0.25, 0.3) is 6.08 Å². The van der Waals surface area contributed by atoms with E-state index in [9.17, 15) is 19.8 Å². The number of ketones is 2. The number of ether oxygens (including phenoxy) is 1. The molecule has 3 heterocycles. The van der Waals surface area contributed by atoms with E-state index >= 15 is 0 Å². The number of benzene rings is 3. The summed E-state index contributed by atoms with van der Waals surface area (Å²) in [5.41, 5.74) is 13.9. The molecular weight excluding hydrogens is 907 g/mol. The first-order valence-electron chi connectivity index (χ1n) is 28.1. The summed E-state index contributed by atoms with van der Waals surface area (Å²) in [5.74, 6) is 3.49. The smallest absolute Gasteiger partial charge is 0.163 e. The number of aliphatic hydroxyl groups excluding tert-OH is 1. The number of aromatic nitrogens is 1. The molecule has 3 saturated carbocycles. The lowest BCUT2D eigenvalue weighted by atomic mass is 9.57. The van der Waals surface area contributed by atoms with Gasteiger partial charge in [0.15, 0.2) is 17.3 Å². The summed E-state index contributed by atoms with van der Waals surface area (Å²) in [6.07, 6.45) is 28.6. The van der Waals surface area contributed by atoms with Crippen molar-refractivity contribution in [2.45, 2.75) is 147 Å². The number of nitrogens with zero attached hydrogens (tertiary/aromatic N) is 1. The normalized spacial score (nSPS) is 25.6. The third-order valence-electron chi connectivity index (χ3n) is 17.9. The average Bonchev–Trinajstić information content (AvgIpc) is 3.82. The Morgan fingerprint density at radius 1 is 0.932 bits per heavy atom. The van der Waals surface area contributed by atoms with Crippen molar-refractivity contribution in [1.29, 1.82) is 0 Å². The Hall–Kier alpha value is -5.13. The number of carbonyl (C=O) groups is 2. The van der Waals surface area contributed by atoms with Crippen LogP contribution in [0.1, 0.15) is 135 Å².